The summed E-state index contributed by atoms with van der Waals surface area (Å²) in [6.07, 6.45) is 2.90. The van der Waals surface area contributed by atoms with E-state index < -0.39 is 5.92 Å². The number of hydrogen-bond acceptors (Lipinski definition) is 4. The number of piperidine rings is 1. The van der Waals surface area contributed by atoms with Crippen molar-refractivity contribution >= 4 is 18.0 Å². The summed E-state index contributed by atoms with van der Waals surface area (Å²) >= 11 is 0. The van der Waals surface area contributed by atoms with Gasteiger partial charge in [0, 0.05) is 6.54 Å². The number of nitrogens with zero attached hydrogens (tertiary/aromatic N) is 1. The van der Waals surface area contributed by atoms with E-state index in [0.717, 1.165) is 17.7 Å². The molecule has 0 spiro atoms. The fraction of sp³-hybridized carbons (Fsp3) is 0.357. The van der Waals surface area contributed by atoms with Gasteiger partial charge in [0.2, 0.25) is 5.91 Å². The summed E-state index contributed by atoms with van der Waals surface area (Å²) in [4.78, 5) is 23.3. The van der Waals surface area contributed by atoms with E-state index in [2.05, 4.69) is 15.8 Å². The number of amides is 2. The minimum absolute atomic E-state index is 0.228. The van der Waals surface area contributed by atoms with Crippen LogP contribution < -0.4 is 15.5 Å². The largest absolute Gasteiger partial charge is 0.497 e. The van der Waals surface area contributed by atoms with E-state index in [4.69, 9.17) is 4.74 Å². The molecule has 1 aromatic carbocycles. The van der Waals surface area contributed by atoms with Gasteiger partial charge in [-0.3, -0.25) is 9.59 Å². The predicted molar refractivity (Wildman–Crippen MR) is 74.5 cm³/mol. The van der Waals surface area contributed by atoms with E-state index in [9.17, 15) is 9.59 Å². The number of nitrogens with one attached hydrogen (secondary N) is 2. The monoisotopic (exact) mass is 275 g/mol. The van der Waals surface area contributed by atoms with E-state index in [1.807, 2.05) is 12.1 Å². The Labute approximate surface area is 117 Å². The van der Waals surface area contributed by atoms with Crippen LogP contribution in [0.3, 0.4) is 0 Å². The van der Waals surface area contributed by atoms with E-state index in [1.165, 1.54) is 6.21 Å². The van der Waals surface area contributed by atoms with Gasteiger partial charge >= 0.3 is 0 Å². The fourth-order valence-electron chi connectivity index (χ4n) is 1.96. The van der Waals surface area contributed by atoms with Gasteiger partial charge in [-0.05, 0) is 42.7 Å². The first-order valence-corrected chi connectivity index (χ1v) is 6.45. The predicted octanol–water partition coefficient (Wildman–Crippen LogP) is 0.671. The molecule has 2 rings (SSSR count). The lowest BCUT2D eigenvalue weighted by Crippen LogP contribution is -2.43. The number of ether oxygens (including phenoxy) is 1. The number of methoxy groups -OCH3 is 1. The number of carbonyl (C=O) groups excluding carboxylic acids is 2. The smallest absolute Gasteiger partial charge is 0.252 e. The van der Waals surface area contributed by atoms with Crippen LogP contribution in [0.4, 0.5) is 0 Å². The zero-order chi connectivity index (χ0) is 14.4. The molecule has 20 heavy (non-hydrogen) atoms. The molecule has 106 valence electrons. The molecule has 1 aliphatic heterocycles. The maximum absolute atomic E-state index is 11.8. The molecule has 1 saturated heterocycles. The first kappa shape index (κ1) is 14.0. The first-order valence-electron chi connectivity index (χ1n) is 6.45. The van der Waals surface area contributed by atoms with Gasteiger partial charge in [-0.25, -0.2) is 5.43 Å². The van der Waals surface area contributed by atoms with Gasteiger partial charge in [-0.1, -0.05) is 0 Å². The second-order valence-electron chi connectivity index (χ2n) is 4.49. The second kappa shape index (κ2) is 6.70. The maximum Gasteiger partial charge on any atom is 0.252 e. The molecule has 2 amide bonds. The minimum atomic E-state index is -0.642. The summed E-state index contributed by atoms with van der Waals surface area (Å²) in [5.41, 5.74) is 3.23. The third kappa shape index (κ3) is 3.57. The highest BCUT2D eigenvalue weighted by atomic mass is 16.5. The van der Waals surface area contributed by atoms with Gasteiger partial charge < -0.3 is 10.1 Å². The van der Waals surface area contributed by atoms with Crippen molar-refractivity contribution in [3.8, 4) is 5.75 Å². The number of rotatable bonds is 4. The van der Waals surface area contributed by atoms with Crippen molar-refractivity contribution in [3.05, 3.63) is 29.8 Å². The van der Waals surface area contributed by atoms with Crippen molar-refractivity contribution in [2.75, 3.05) is 13.7 Å². The Morgan fingerprint density at radius 2 is 2.20 bits per heavy atom. The molecule has 1 aromatic rings. The summed E-state index contributed by atoms with van der Waals surface area (Å²) in [6, 6.07) is 7.25. The lowest BCUT2D eigenvalue weighted by atomic mass is 9.98. The van der Waals surface area contributed by atoms with Crippen molar-refractivity contribution in [2.45, 2.75) is 12.8 Å². The van der Waals surface area contributed by atoms with Crippen LogP contribution in [0.1, 0.15) is 18.4 Å². The molecule has 0 bridgehead atoms. The summed E-state index contributed by atoms with van der Waals surface area (Å²) in [5, 5.41) is 6.53. The van der Waals surface area contributed by atoms with Crippen LogP contribution in [-0.4, -0.2) is 31.7 Å². The van der Waals surface area contributed by atoms with Gasteiger partial charge in [0.15, 0.2) is 0 Å². The SMILES string of the molecule is COc1ccc(/C=N\NC(=O)[C@@H]2CCCNC2=O)cc1. The van der Waals surface area contributed by atoms with Gasteiger partial charge in [0.05, 0.1) is 13.3 Å². The lowest BCUT2D eigenvalue weighted by molar-refractivity contribution is -0.136. The molecule has 1 atom stereocenters. The lowest BCUT2D eigenvalue weighted by Gasteiger charge is -2.19. The molecule has 1 fully saturated rings. The highest BCUT2D eigenvalue weighted by Crippen LogP contribution is 2.11. The summed E-state index contributed by atoms with van der Waals surface area (Å²) in [5.74, 6) is -0.484. The highest BCUT2D eigenvalue weighted by molar-refractivity contribution is 6.00. The van der Waals surface area contributed by atoms with Crippen LogP contribution in [0.5, 0.6) is 5.75 Å². The Kier molecular flexibility index (Phi) is 4.70. The number of benzene rings is 1. The second-order valence-corrected chi connectivity index (χ2v) is 4.49. The Hall–Kier alpha value is -2.37. The van der Waals surface area contributed by atoms with Gasteiger partial charge in [-0.2, -0.15) is 5.10 Å². The summed E-state index contributed by atoms with van der Waals surface area (Å²) < 4.78 is 5.04. The van der Waals surface area contributed by atoms with Crippen LogP contribution in [0, 0.1) is 5.92 Å². The highest BCUT2D eigenvalue weighted by Gasteiger charge is 2.28. The van der Waals surface area contributed by atoms with Crippen LogP contribution in [-0.2, 0) is 9.59 Å². The van der Waals surface area contributed by atoms with Crippen LogP contribution in [0.2, 0.25) is 0 Å². The molecule has 6 nitrogen and oxygen atoms in total. The van der Waals surface area contributed by atoms with E-state index >= 15 is 0 Å². The van der Waals surface area contributed by atoms with E-state index in [0.29, 0.717) is 13.0 Å². The van der Waals surface area contributed by atoms with Gasteiger partial charge in [0.25, 0.3) is 5.91 Å². The average Bonchev–Trinajstić information content (AvgIpc) is 2.48. The molecule has 0 radical (unpaired) electrons. The van der Waals surface area contributed by atoms with E-state index in [-0.39, 0.29) is 11.8 Å². The molecule has 2 N–H and O–H groups in total. The maximum atomic E-state index is 11.8. The molecular weight excluding hydrogens is 258 g/mol. The quantitative estimate of drug-likeness (QED) is 0.481. The van der Waals surface area contributed by atoms with Gasteiger partial charge in [0.1, 0.15) is 11.7 Å². The van der Waals surface area contributed by atoms with Crippen molar-refractivity contribution < 1.29 is 14.3 Å². The molecule has 0 aromatic heterocycles. The third-order valence-electron chi connectivity index (χ3n) is 3.11. The van der Waals surface area contributed by atoms with Crippen molar-refractivity contribution in [2.24, 2.45) is 11.0 Å². The molecule has 1 aliphatic rings. The first-order chi connectivity index (χ1) is 9.70. The summed E-state index contributed by atoms with van der Waals surface area (Å²) in [7, 11) is 1.60. The normalized spacial score (nSPS) is 18.6. The number of hydrazone groups is 1. The van der Waals surface area contributed by atoms with Crippen molar-refractivity contribution in [1.82, 2.24) is 10.7 Å². The Morgan fingerprint density at radius 3 is 2.85 bits per heavy atom. The molecule has 0 aliphatic carbocycles. The number of carbonyl (C=O) groups is 2. The average molecular weight is 275 g/mol. The fourth-order valence-corrected chi connectivity index (χ4v) is 1.96. The van der Waals surface area contributed by atoms with Crippen LogP contribution in [0.15, 0.2) is 29.4 Å². The Morgan fingerprint density at radius 1 is 1.45 bits per heavy atom. The zero-order valence-electron chi connectivity index (χ0n) is 11.3. The molecule has 0 unspecified atom stereocenters. The van der Waals surface area contributed by atoms with Crippen LogP contribution >= 0.6 is 0 Å². The Balaban J connectivity index is 1.88. The van der Waals surface area contributed by atoms with Crippen LogP contribution in [0.25, 0.3) is 0 Å². The standard InChI is InChI=1S/C14H17N3O3/c1-20-11-6-4-10(5-7-11)9-16-17-14(19)12-3-2-8-15-13(12)18/h4-7,9,12H,2-3,8H2,1H3,(H,15,18)(H,17,19)/b16-9-/t12-/m1/s1. The minimum Gasteiger partial charge on any atom is -0.497 e. The third-order valence-corrected chi connectivity index (χ3v) is 3.11. The molecule has 6 heteroatoms. The van der Waals surface area contributed by atoms with Crippen molar-refractivity contribution in [1.29, 1.82) is 0 Å². The topological polar surface area (TPSA) is 79.8 Å². The Bertz CT molecular complexity index is 511. The number of hydrogen-bond donors (Lipinski definition) is 2. The molecular formula is C14H17N3O3. The zero-order valence-corrected chi connectivity index (χ0v) is 11.3. The van der Waals surface area contributed by atoms with E-state index in [1.54, 1.807) is 19.2 Å². The summed E-state index contributed by atoms with van der Waals surface area (Å²) in [6.45, 7) is 0.637. The van der Waals surface area contributed by atoms with Crippen molar-refractivity contribution in [3.63, 3.8) is 0 Å². The molecule has 0 saturated carbocycles. The van der Waals surface area contributed by atoms with Gasteiger partial charge in [-0.15, -0.1) is 0 Å². The molecule has 1 heterocycles.